The van der Waals surface area contributed by atoms with Gasteiger partial charge in [-0.05, 0) is 111 Å². The van der Waals surface area contributed by atoms with Gasteiger partial charge in [0.2, 0.25) is 0 Å². The van der Waals surface area contributed by atoms with E-state index in [2.05, 4.69) is 71.7 Å². The molecule has 1 fully saturated rings. The van der Waals surface area contributed by atoms with Crippen molar-refractivity contribution in [3.8, 4) is 5.69 Å². The summed E-state index contributed by atoms with van der Waals surface area (Å²) in [7, 11) is 0. The standard InChI is InChI=1S/C29H28N4O2S/c1-17-8-11-23(15-18(17)2)33-27(26(31-29(33)36)25-7-5-6-14-30-25)24-16-19(3)32(20(24)4)22-12-9-21(10-13-22)28(34)35/h5-16,26-27H,1-4H3,(H,31,36)(H,34,35)/t26-,27+/m0/s1. The third kappa shape index (κ3) is 4.05. The van der Waals surface area contributed by atoms with Crippen LogP contribution in [0.2, 0.25) is 0 Å². The lowest BCUT2D eigenvalue weighted by molar-refractivity contribution is 0.0697. The molecule has 1 aliphatic rings. The second-order valence-electron chi connectivity index (χ2n) is 9.28. The first kappa shape index (κ1) is 23.8. The zero-order valence-electron chi connectivity index (χ0n) is 20.7. The molecule has 0 bridgehead atoms. The van der Waals surface area contributed by atoms with E-state index in [1.54, 1.807) is 12.1 Å². The minimum Gasteiger partial charge on any atom is -0.478 e. The van der Waals surface area contributed by atoms with E-state index in [1.165, 1.54) is 11.1 Å². The molecule has 0 radical (unpaired) electrons. The average molecular weight is 497 g/mol. The van der Waals surface area contributed by atoms with Gasteiger partial charge in [0.15, 0.2) is 5.11 Å². The van der Waals surface area contributed by atoms with Crippen molar-refractivity contribution in [2.75, 3.05) is 4.90 Å². The number of nitrogens with one attached hydrogen (secondary N) is 1. The molecule has 6 nitrogen and oxygen atoms in total. The molecule has 182 valence electrons. The highest BCUT2D eigenvalue weighted by atomic mass is 32.1. The molecule has 0 aliphatic carbocycles. The lowest BCUT2D eigenvalue weighted by atomic mass is 9.96. The number of carboxylic acid groups (broad SMARTS) is 1. The maximum Gasteiger partial charge on any atom is 0.335 e. The Morgan fingerprint density at radius 1 is 0.944 bits per heavy atom. The van der Waals surface area contributed by atoms with Gasteiger partial charge in [-0.3, -0.25) is 4.98 Å². The first-order valence-electron chi connectivity index (χ1n) is 11.9. The number of aromatic nitrogens is 2. The van der Waals surface area contributed by atoms with E-state index in [1.807, 2.05) is 36.5 Å². The van der Waals surface area contributed by atoms with Gasteiger partial charge in [-0.1, -0.05) is 12.1 Å². The van der Waals surface area contributed by atoms with Crippen LogP contribution < -0.4 is 10.2 Å². The Morgan fingerprint density at radius 3 is 2.31 bits per heavy atom. The quantitative estimate of drug-likeness (QED) is 0.331. The van der Waals surface area contributed by atoms with Crippen LogP contribution in [0.3, 0.4) is 0 Å². The molecule has 1 aliphatic heterocycles. The Labute approximate surface area is 216 Å². The van der Waals surface area contributed by atoms with Crippen LogP contribution in [0.25, 0.3) is 5.69 Å². The molecule has 4 aromatic rings. The maximum absolute atomic E-state index is 11.3. The van der Waals surface area contributed by atoms with Gasteiger partial charge in [0.1, 0.15) is 0 Å². The predicted molar refractivity (Wildman–Crippen MR) is 146 cm³/mol. The lowest BCUT2D eigenvalue weighted by Gasteiger charge is -2.28. The smallest absolute Gasteiger partial charge is 0.335 e. The minimum absolute atomic E-state index is 0.118. The molecule has 36 heavy (non-hydrogen) atoms. The van der Waals surface area contributed by atoms with Crippen LogP contribution in [-0.2, 0) is 0 Å². The van der Waals surface area contributed by atoms with Crippen molar-refractivity contribution < 1.29 is 9.90 Å². The number of nitrogens with zero attached hydrogens (tertiary/aromatic N) is 3. The third-order valence-corrected chi connectivity index (χ3v) is 7.34. The summed E-state index contributed by atoms with van der Waals surface area (Å²) in [6.45, 7) is 8.39. The van der Waals surface area contributed by atoms with Gasteiger partial charge in [-0.25, -0.2) is 4.79 Å². The number of hydrogen-bond donors (Lipinski definition) is 2. The zero-order chi connectivity index (χ0) is 25.6. The van der Waals surface area contributed by atoms with Crippen molar-refractivity contribution in [2.45, 2.75) is 39.8 Å². The second kappa shape index (κ2) is 9.24. The highest BCUT2D eigenvalue weighted by molar-refractivity contribution is 7.80. The largest absolute Gasteiger partial charge is 0.478 e. The van der Waals surface area contributed by atoms with E-state index >= 15 is 0 Å². The van der Waals surface area contributed by atoms with Crippen molar-refractivity contribution in [3.63, 3.8) is 0 Å². The molecule has 1 saturated heterocycles. The SMILES string of the molecule is Cc1ccc(N2C(=S)N[C@@H](c3ccccn3)[C@H]2c2cc(C)n(-c3ccc(C(=O)O)cc3)c2C)cc1C. The fourth-order valence-corrected chi connectivity index (χ4v) is 5.41. The van der Waals surface area contributed by atoms with Crippen LogP contribution in [-0.4, -0.2) is 25.7 Å². The van der Waals surface area contributed by atoms with Gasteiger partial charge in [0.05, 0.1) is 23.3 Å². The summed E-state index contributed by atoms with van der Waals surface area (Å²) >= 11 is 5.89. The maximum atomic E-state index is 11.3. The number of anilines is 1. The first-order valence-corrected chi connectivity index (χ1v) is 12.3. The number of carbonyl (C=O) groups is 1. The lowest BCUT2D eigenvalue weighted by Crippen LogP contribution is -2.29. The molecule has 0 spiro atoms. The van der Waals surface area contributed by atoms with Gasteiger partial charge in [0, 0.05) is 29.0 Å². The number of benzene rings is 2. The van der Waals surface area contributed by atoms with Crippen LogP contribution >= 0.6 is 12.2 Å². The Morgan fingerprint density at radius 2 is 1.67 bits per heavy atom. The molecule has 2 aromatic carbocycles. The monoisotopic (exact) mass is 496 g/mol. The Bertz CT molecular complexity index is 1460. The molecule has 2 N–H and O–H groups in total. The molecule has 0 amide bonds. The number of hydrogen-bond acceptors (Lipinski definition) is 3. The van der Waals surface area contributed by atoms with Gasteiger partial charge in [0.25, 0.3) is 0 Å². The highest BCUT2D eigenvalue weighted by Gasteiger charge is 2.42. The van der Waals surface area contributed by atoms with Gasteiger partial charge in [-0.15, -0.1) is 0 Å². The fourth-order valence-electron chi connectivity index (χ4n) is 5.06. The van der Waals surface area contributed by atoms with E-state index in [0.717, 1.165) is 34.0 Å². The summed E-state index contributed by atoms with van der Waals surface area (Å²) in [5.74, 6) is -0.934. The Hall–Kier alpha value is -3.97. The first-order chi connectivity index (χ1) is 17.3. The summed E-state index contributed by atoms with van der Waals surface area (Å²) < 4.78 is 2.16. The van der Waals surface area contributed by atoms with Crippen LogP contribution in [0.1, 0.15) is 56.2 Å². The van der Waals surface area contributed by atoms with Crippen molar-refractivity contribution >= 4 is 29.0 Å². The van der Waals surface area contributed by atoms with Gasteiger partial charge in [-0.2, -0.15) is 0 Å². The summed E-state index contributed by atoms with van der Waals surface area (Å²) in [5.41, 5.74) is 8.85. The summed E-state index contributed by atoms with van der Waals surface area (Å²) in [6, 6.07) is 21.3. The summed E-state index contributed by atoms with van der Waals surface area (Å²) in [6.07, 6.45) is 1.81. The molecule has 0 saturated carbocycles. The van der Waals surface area contributed by atoms with Crippen LogP contribution in [0.15, 0.2) is 72.9 Å². The molecule has 5 rings (SSSR count). The molecule has 0 unspecified atom stereocenters. The molecule has 7 heteroatoms. The van der Waals surface area contributed by atoms with Crippen LogP contribution in [0.4, 0.5) is 5.69 Å². The van der Waals surface area contributed by atoms with E-state index in [-0.39, 0.29) is 17.6 Å². The number of thiocarbonyl (C=S) groups is 1. The fraction of sp³-hybridized carbons (Fsp3) is 0.207. The van der Waals surface area contributed by atoms with Crippen LogP contribution in [0.5, 0.6) is 0 Å². The van der Waals surface area contributed by atoms with Crippen molar-refractivity contribution in [2.24, 2.45) is 0 Å². The number of aromatic carboxylic acids is 1. The summed E-state index contributed by atoms with van der Waals surface area (Å²) in [4.78, 5) is 18.2. The van der Waals surface area contributed by atoms with Crippen molar-refractivity contribution in [1.29, 1.82) is 0 Å². The summed E-state index contributed by atoms with van der Waals surface area (Å²) in [5, 5.41) is 13.5. The third-order valence-electron chi connectivity index (χ3n) is 7.03. The molecular weight excluding hydrogens is 468 g/mol. The zero-order valence-corrected chi connectivity index (χ0v) is 21.5. The molecule has 3 heterocycles. The van der Waals surface area contributed by atoms with E-state index < -0.39 is 5.97 Å². The predicted octanol–water partition coefficient (Wildman–Crippen LogP) is 5.98. The Balaban J connectivity index is 1.66. The molecular formula is C29H28N4O2S. The van der Waals surface area contributed by atoms with Crippen molar-refractivity contribution in [3.05, 3.63) is 112 Å². The van der Waals surface area contributed by atoms with Gasteiger partial charge < -0.3 is 19.9 Å². The van der Waals surface area contributed by atoms with Crippen LogP contribution in [0, 0.1) is 27.7 Å². The molecule has 2 aromatic heterocycles. The van der Waals surface area contributed by atoms with E-state index in [9.17, 15) is 9.90 Å². The van der Waals surface area contributed by atoms with Crippen molar-refractivity contribution in [1.82, 2.24) is 14.9 Å². The topological polar surface area (TPSA) is 70.4 Å². The van der Waals surface area contributed by atoms with E-state index in [4.69, 9.17) is 12.2 Å². The molecule has 2 atom stereocenters. The number of pyridine rings is 1. The average Bonchev–Trinajstić information content (AvgIpc) is 3.36. The van der Waals surface area contributed by atoms with Gasteiger partial charge >= 0.3 is 5.97 Å². The number of carboxylic acids is 1. The van der Waals surface area contributed by atoms with E-state index in [0.29, 0.717) is 5.11 Å². The number of aryl methyl sites for hydroxylation is 3. The number of rotatable bonds is 5. The minimum atomic E-state index is -0.934. The second-order valence-corrected chi connectivity index (χ2v) is 9.67. The highest BCUT2D eigenvalue weighted by Crippen LogP contribution is 2.44. The Kier molecular flexibility index (Phi) is 6.10. The normalized spacial score (nSPS) is 17.3.